The van der Waals surface area contributed by atoms with Crippen molar-refractivity contribution in [2.45, 2.75) is 45.6 Å². The van der Waals surface area contributed by atoms with Crippen molar-refractivity contribution in [3.8, 4) is 0 Å². The molecule has 3 aromatic heterocycles. The van der Waals surface area contributed by atoms with Crippen molar-refractivity contribution in [2.24, 2.45) is 0 Å². The van der Waals surface area contributed by atoms with Crippen LogP contribution in [0.5, 0.6) is 0 Å². The zero-order valence-electron chi connectivity index (χ0n) is 15.7. The second-order valence-electron chi connectivity index (χ2n) is 6.77. The molecule has 6 nitrogen and oxygen atoms in total. The lowest BCUT2D eigenvalue weighted by Crippen LogP contribution is -2.28. The highest BCUT2D eigenvalue weighted by molar-refractivity contribution is 7.18. The molecule has 1 atom stereocenters. The lowest BCUT2D eigenvalue weighted by atomic mass is 9.86. The van der Waals surface area contributed by atoms with E-state index in [4.69, 9.17) is 4.74 Å². The molecule has 0 N–H and O–H groups in total. The van der Waals surface area contributed by atoms with Crippen molar-refractivity contribution in [3.05, 3.63) is 49.0 Å². The predicted octanol–water partition coefficient (Wildman–Crippen LogP) is 3.69. The molecule has 1 unspecified atom stereocenters. The Bertz CT molecular complexity index is 1110. The minimum atomic E-state index is -0.434. The number of thiophene rings is 2. The number of ketones is 1. The highest BCUT2D eigenvalue weighted by Gasteiger charge is 2.33. The first-order chi connectivity index (χ1) is 13.5. The minimum Gasteiger partial charge on any atom is -0.466 e. The highest BCUT2D eigenvalue weighted by Crippen LogP contribution is 2.41. The SMILES string of the molecule is CCOC(=O)C1CCCc2sc3nc(C)n(CC(=O)c4cccs4)c(=O)c3c21. The standard InChI is InChI=1S/C20H20N2O4S2/c1-3-26-20(25)12-6-4-7-15-16(12)17-18(28-15)21-11(2)22(19(17)24)10-13(23)14-8-5-9-27-14/h5,8-9,12H,3-4,6-7,10H2,1-2H3. The summed E-state index contributed by atoms with van der Waals surface area (Å²) < 4.78 is 6.67. The number of fused-ring (bicyclic) bond motifs is 3. The van der Waals surface area contributed by atoms with Gasteiger partial charge in [0.25, 0.3) is 5.56 Å². The summed E-state index contributed by atoms with van der Waals surface area (Å²) in [6.07, 6.45) is 2.38. The van der Waals surface area contributed by atoms with E-state index in [1.54, 1.807) is 19.9 Å². The van der Waals surface area contributed by atoms with Crippen LogP contribution < -0.4 is 5.56 Å². The number of aromatic nitrogens is 2. The van der Waals surface area contributed by atoms with Crippen LogP contribution in [-0.2, 0) is 22.5 Å². The maximum absolute atomic E-state index is 13.3. The summed E-state index contributed by atoms with van der Waals surface area (Å²) in [5, 5.41) is 2.31. The van der Waals surface area contributed by atoms with Gasteiger partial charge in [0, 0.05) is 4.88 Å². The van der Waals surface area contributed by atoms with Gasteiger partial charge in [-0.25, -0.2) is 4.98 Å². The summed E-state index contributed by atoms with van der Waals surface area (Å²) in [5.41, 5.74) is 0.514. The zero-order chi connectivity index (χ0) is 19.8. The molecule has 0 radical (unpaired) electrons. The largest absolute Gasteiger partial charge is 0.466 e. The van der Waals surface area contributed by atoms with E-state index in [0.29, 0.717) is 33.9 Å². The van der Waals surface area contributed by atoms with E-state index in [1.165, 1.54) is 27.2 Å². The quantitative estimate of drug-likeness (QED) is 0.468. The van der Waals surface area contributed by atoms with Gasteiger partial charge in [-0.2, -0.15) is 0 Å². The van der Waals surface area contributed by atoms with Crippen LogP contribution in [0.1, 0.15) is 51.6 Å². The molecule has 0 bridgehead atoms. The number of aryl methyl sites for hydroxylation is 2. The molecule has 1 aliphatic carbocycles. The smallest absolute Gasteiger partial charge is 0.313 e. The highest BCUT2D eigenvalue weighted by atomic mass is 32.1. The number of nitrogens with zero attached hydrogens (tertiary/aromatic N) is 2. The van der Waals surface area contributed by atoms with Crippen molar-refractivity contribution in [1.29, 1.82) is 0 Å². The van der Waals surface area contributed by atoms with Gasteiger partial charge in [-0.1, -0.05) is 6.07 Å². The summed E-state index contributed by atoms with van der Waals surface area (Å²) >= 11 is 2.83. The summed E-state index contributed by atoms with van der Waals surface area (Å²) in [6.45, 7) is 3.78. The fourth-order valence-corrected chi connectivity index (χ4v) is 5.71. The lowest BCUT2D eigenvalue weighted by molar-refractivity contribution is -0.145. The van der Waals surface area contributed by atoms with E-state index in [2.05, 4.69) is 4.98 Å². The van der Waals surface area contributed by atoms with Crippen LogP contribution in [-0.4, -0.2) is 27.9 Å². The molecule has 0 aliphatic heterocycles. The summed E-state index contributed by atoms with van der Waals surface area (Å²) in [6, 6.07) is 3.57. The van der Waals surface area contributed by atoms with Gasteiger partial charge in [0.05, 0.1) is 29.3 Å². The topological polar surface area (TPSA) is 78.3 Å². The molecule has 28 heavy (non-hydrogen) atoms. The number of rotatable bonds is 5. The van der Waals surface area contributed by atoms with Crippen LogP contribution in [0.25, 0.3) is 10.2 Å². The Balaban J connectivity index is 1.84. The molecule has 8 heteroatoms. The molecule has 3 aromatic rings. The van der Waals surface area contributed by atoms with Crippen molar-refractivity contribution >= 4 is 44.6 Å². The molecular formula is C20H20N2O4S2. The third-order valence-electron chi connectivity index (χ3n) is 5.03. The average Bonchev–Trinajstić information content (AvgIpc) is 3.32. The van der Waals surface area contributed by atoms with Crippen LogP contribution in [0.3, 0.4) is 0 Å². The van der Waals surface area contributed by atoms with Crippen molar-refractivity contribution in [1.82, 2.24) is 9.55 Å². The molecule has 0 aromatic carbocycles. The molecule has 0 amide bonds. The second-order valence-corrected chi connectivity index (χ2v) is 8.80. The molecule has 0 saturated carbocycles. The Morgan fingerprint density at radius 2 is 2.21 bits per heavy atom. The van der Waals surface area contributed by atoms with Gasteiger partial charge in [-0.05, 0) is 50.1 Å². The maximum atomic E-state index is 13.3. The molecule has 1 aliphatic rings. The molecule has 4 rings (SSSR count). The average molecular weight is 417 g/mol. The number of hydrogen-bond acceptors (Lipinski definition) is 7. The number of hydrogen-bond donors (Lipinski definition) is 0. The Hall–Kier alpha value is -2.32. The number of carbonyl (C=O) groups excluding carboxylic acids is 2. The molecule has 0 saturated heterocycles. The second kappa shape index (κ2) is 7.60. The number of esters is 1. The van der Waals surface area contributed by atoms with Crippen LogP contribution in [0.4, 0.5) is 0 Å². The summed E-state index contributed by atoms with van der Waals surface area (Å²) in [5.74, 6) is -0.332. The van der Waals surface area contributed by atoms with Crippen molar-refractivity contribution < 1.29 is 14.3 Å². The minimum absolute atomic E-state index is 0.0528. The molecule has 0 fully saturated rings. The van der Waals surface area contributed by atoms with E-state index in [1.807, 2.05) is 11.4 Å². The van der Waals surface area contributed by atoms with Crippen LogP contribution in [0.15, 0.2) is 22.3 Å². The first-order valence-electron chi connectivity index (χ1n) is 9.27. The molecule has 0 spiro atoms. The Morgan fingerprint density at radius 1 is 1.39 bits per heavy atom. The van der Waals surface area contributed by atoms with E-state index in [0.717, 1.165) is 23.3 Å². The third-order valence-corrected chi connectivity index (χ3v) is 7.10. The predicted molar refractivity (Wildman–Crippen MR) is 110 cm³/mol. The summed E-state index contributed by atoms with van der Waals surface area (Å²) in [4.78, 5) is 45.3. The fourth-order valence-electron chi connectivity index (χ4n) is 3.74. The van der Waals surface area contributed by atoms with Gasteiger partial charge in [0.1, 0.15) is 10.7 Å². The fraction of sp³-hybridized carbons (Fsp3) is 0.400. The first-order valence-corrected chi connectivity index (χ1v) is 11.0. The number of Topliss-reactive ketones (excluding diaryl/α,β-unsaturated/α-hetero) is 1. The van der Waals surface area contributed by atoms with E-state index >= 15 is 0 Å². The van der Waals surface area contributed by atoms with Crippen LogP contribution >= 0.6 is 22.7 Å². The maximum Gasteiger partial charge on any atom is 0.313 e. The van der Waals surface area contributed by atoms with Crippen LogP contribution in [0.2, 0.25) is 0 Å². The third kappa shape index (κ3) is 3.20. The van der Waals surface area contributed by atoms with Crippen LogP contribution in [0, 0.1) is 6.92 Å². The van der Waals surface area contributed by atoms with E-state index in [9.17, 15) is 14.4 Å². The van der Waals surface area contributed by atoms with Crippen molar-refractivity contribution in [3.63, 3.8) is 0 Å². The molecule has 3 heterocycles. The summed E-state index contributed by atoms with van der Waals surface area (Å²) in [7, 11) is 0. The normalized spacial score (nSPS) is 16.1. The zero-order valence-corrected chi connectivity index (χ0v) is 17.3. The monoisotopic (exact) mass is 416 g/mol. The molecule has 146 valence electrons. The van der Waals surface area contributed by atoms with Gasteiger partial charge in [0.2, 0.25) is 0 Å². The van der Waals surface area contributed by atoms with E-state index in [-0.39, 0.29) is 23.9 Å². The molecular weight excluding hydrogens is 396 g/mol. The van der Waals surface area contributed by atoms with Crippen molar-refractivity contribution in [2.75, 3.05) is 6.61 Å². The first kappa shape index (κ1) is 19.0. The van der Waals surface area contributed by atoms with Gasteiger partial charge < -0.3 is 4.74 Å². The van der Waals surface area contributed by atoms with Gasteiger partial charge >= 0.3 is 5.97 Å². The number of ether oxygens (including phenoxy) is 1. The Morgan fingerprint density at radius 3 is 2.93 bits per heavy atom. The van der Waals surface area contributed by atoms with E-state index < -0.39 is 5.92 Å². The lowest BCUT2D eigenvalue weighted by Gasteiger charge is -2.21. The number of carbonyl (C=O) groups is 2. The van der Waals surface area contributed by atoms with Gasteiger partial charge in [0.15, 0.2) is 5.78 Å². The van der Waals surface area contributed by atoms with Gasteiger partial charge in [-0.15, -0.1) is 22.7 Å². The Kier molecular flexibility index (Phi) is 5.16. The Labute approximate surface area is 169 Å². The van der Waals surface area contributed by atoms with Gasteiger partial charge in [-0.3, -0.25) is 19.0 Å².